The number of ether oxygens (including phenoxy) is 1. The van der Waals surface area contributed by atoms with Crippen LogP contribution in [0.15, 0.2) is 42.5 Å². The minimum absolute atomic E-state index is 0.120. The van der Waals surface area contributed by atoms with E-state index in [4.69, 9.17) is 4.74 Å². The Hall–Kier alpha value is -2.29. The van der Waals surface area contributed by atoms with Crippen molar-refractivity contribution in [3.05, 3.63) is 59.2 Å². The van der Waals surface area contributed by atoms with Crippen molar-refractivity contribution in [2.24, 2.45) is 0 Å². The van der Waals surface area contributed by atoms with Crippen molar-refractivity contribution in [3.8, 4) is 5.75 Å². The molecule has 2 aromatic rings. The Morgan fingerprint density at radius 1 is 0.958 bits per heavy atom. The maximum absolute atomic E-state index is 12.5. The van der Waals surface area contributed by atoms with Gasteiger partial charge < -0.3 is 10.1 Å². The maximum atomic E-state index is 12.5. The fourth-order valence-corrected chi connectivity index (χ4v) is 2.69. The summed E-state index contributed by atoms with van der Waals surface area (Å²) in [4.78, 5) is 12.5. The maximum Gasteiger partial charge on any atom is 0.265 e. The molecule has 0 saturated heterocycles. The average molecular weight is 325 g/mol. The summed E-state index contributed by atoms with van der Waals surface area (Å²) in [5, 5.41) is 3.06. The van der Waals surface area contributed by atoms with Crippen LogP contribution < -0.4 is 10.1 Å². The topological polar surface area (TPSA) is 38.3 Å². The fraction of sp³-hybridized carbons (Fsp3) is 0.381. The summed E-state index contributed by atoms with van der Waals surface area (Å²) < 4.78 is 5.78. The van der Waals surface area contributed by atoms with Gasteiger partial charge in [0, 0.05) is 5.69 Å². The summed E-state index contributed by atoms with van der Waals surface area (Å²) >= 11 is 0. The second-order valence-electron chi connectivity index (χ2n) is 5.91. The lowest BCUT2D eigenvalue weighted by Gasteiger charge is -2.18. The first kappa shape index (κ1) is 18.1. The highest BCUT2D eigenvalue weighted by atomic mass is 16.5. The van der Waals surface area contributed by atoms with Gasteiger partial charge in [-0.1, -0.05) is 51.1 Å². The van der Waals surface area contributed by atoms with Crippen LogP contribution in [0.2, 0.25) is 0 Å². The molecule has 0 heterocycles. The third kappa shape index (κ3) is 4.38. The van der Waals surface area contributed by atoms with Crippen molar-refractivity contribution in [3.63, 3.8) is 0 Å². The molecule has 3 nitrogen and oxygen atoms in total. The highest BCUT2D eigenvalue weighted by Crippen LogP contribution is 2.23. The molecule has 0 aliphatic rings. The van der Waals surface area contributed by atoms with Gasteiger partial charge >= 0.3 is 0 Å². The van der Waals surface area contributed by atoms with Crippen LogP contribution >= 0.6 is 0 Å². The smallest absolute Gasteiger partial charge is 0.265 e. The van der Waals surface area contributed by atoms with Crippen LogP contribution in [-0.2, 0) is 24.1 Å². The number of hydrogen-bond acceptors (Lipinski definition) is 2. The number of carbonyl (C=O) groups is 1. The van der Waals surface area contributed by atoms with E-state index in [1.165, 1.54) is 5.56 Å². The highest BCUT2D eigenvalue weighted by molar-refractivity contribution is 5.95. The number of para-hydroxylation sites is 1. The van der Waals surface area contributed by atoms with E-state index in [0.717, 1.165) is 36.1 Å². The molecular weight excluding hydrogens is 298 g/mol. The van der Waals surface area contributed by atoms with Gasteiger partial charge in [0.15, 0.2) is 6.10 Å². The monoisotopic (exact) mass is 325 g/mol. The SMILES string of the molecule is CCc1ccc(OC(C)C(=O)Nc2c(CC)cccc2CC)cc1. The molecule has 0 aliphatic carbocycles. The molecule has 1 unspecified atom stereocenters. The Labute approximate surface area is 145 Å². The molecule has 0 fully saturated rings. The molecule has 0 bridgehead atoms. The molecule has 2 rings (SSSR count). The second-order valence-corrected chi connectivity index (χ2v) is 5.91. The number of nitrogens with one attached hydrogen (secondary N) is 1. The minimum Gasteiger partial charge on any atom is -0.481 e. The normalized spacial score (nSPS) is 11.8. The van der Waals surface area contributed by atoms with Crippen molar-refractivity contribution in [1.82, 2.24) is 0 Å². The van der Waals surface area contributed by atoms with Gasteiger partial charge in [0.1, 0.15) is 5.75 Å². The van der Waals surface area contributed by atoms with Crippen LogP contribution in [0, 0.1) is 0 Å². The van der Waals surface area contributed by atoms with E-state index >= 15 is 0 Å². The predicted octanol–water partition coefficient (Wildman–Crippen LogP) is 4.78. The first-order valence-electron chi connectivity index (χ1n) is 8.76. The van der Waals surface area contributed by atoms with E-state index in [-0.39, 0.29) is 5.91 Å². The van der Waals surface area contributed by atoms with Gasteiger partial charge in [0.2, 0.25) is 0 Å². The van der Waals surface area contributed by atoms with E-state index in [2.05, 4.69) is 38.2 Å². The molecule has 0 radical (unpaired) electrons. The molecular formula is C21H27NO2. The average Bonchev–Trinajstić information content (AvgIpc) is 2.62. The third-order valence-electron chi connectivity index (χ3n) is 4.26. The molecule has 0 spiro atoms. The molecule has 3 heteroatoms. The number of amides is 1. The summed E-state index contributed by atoms with van der Waals surface area (Å²) in [5.41, 5.74) is 4.50. The van der Waals surface area contributed by atoms with Crippen LogP contribution in [-0.4, -0.2) is 12.0 Å². The summed E-state index contributed by atoms with van der Waals surface area (Å²) in [5.74, 6) is 0.597. The van der Waals surface area contributed by atoms with E-state index in [0.29, 0.717) is 5.75 Å². The zero-order valence-electron chi connectivity index (χ0n) is 15.1. The van der Waals surface area contributed by atoms with E-state index in [9.17, 15) is 4.79 Å². The number of rotatable bonds is 7. The Morgan fingerprint density at radius 2 is 1.54 bits per heavy atom. The Morgan fingerprint density at radius 3 is 2.04 bits per heavy atom. The van der Waals surface area contributed by atoms with Gasteiger partial charge in [-0.05, 0) is 55.0 Å². The molecule has 1 N–H and O–H groups in total. The van der Waals surface area contributed by atoms with Crippen molar-refractivity contribution < 1.29 is 9.53 Å². The summed E-state index contributed by atoms with van der Waals surface area (Å²) in [6, 6.07) is 14.1. The van der Waals surface area contributed by atoms with Gasteiger partial charge in [-0.25, -0.2) is 0 Å². The van der Waals surface area contributed by atoms with E-state index in [1.54, 1.807) is 6.92 Å². The largest absolute Gasteiger partial charge is 0.481 e. The van der Waals surface area contributed by atoms with Crippen molar-refractivity contribution in [1.29, 1.82) is 0 Å². The Kier molecular flexibility index (Phi) is 6.42. The molecule has 128 valence electrons. The van der Waals surface area contributed by atoms with Crippen LogP contribution in [0.1, 0.15) is 44.4 Å². The number of aryl methyl sites for hydroxylation is 3. The van der Waals surface area contributed by atoms with Gasteiger partial charge in [-0.3, -0.25) is 4.79 Å². The fourth-order valence-electron chi connectivity index (χ4n) is 2.69. The van der Waals surface area contributed by atoms with Crippen LogP contribution in [0.3, 0.4) is 0 Å². The third-order valence-corrected chi connectivity index (χ3v) is 4.26. The molecule has 2 aromatic carbocycles. The number of carbonyl (C=O) groups excluding carboxylic acids is 1. The van der Waals surface area contributed by atoms with Gasteiger partial charge in [0.05, 0.1) is 0 Å². The van der Waals surface area contributed by atoms with Gasteiger partial charge in [0.25, 0.3) is 5.91 Å². The van der Waals surface area contributed by atoms with Crippen molar-refractivity contribution in [2.45, 2.75) is 53.1 Å². The first-order chi connectivity index (χ1) is 11.6. The molecule has 1 amide bonds. The molecule has 24 heavy (non-hydrogen) atoms. The van der Waals surface area contributed by atoms with Crippen molar-refractivity contribution >= 4 is 11.6 Å². The van der Waals surface area contributed by atoms with Gasteiger partial charge in [-0.2, -0.15) is 0 Å². The quantitative estimate of drug-likeness (QED) is 0.795. The van der Waals surface area contributed by atoms with E-state index in [1.807, 2.05) is 30.3 Å². The van der Waals surface area contributed by atoms with Gasteiger partial charge in [-0.15, -0.1) is 0 Å². The number of anilines is 1. The highest BCUT2D eigenvalue weighted by Gasteiger charge is 2.17. The molecule has 0 aromatic heterocycles. The first-order valence-corrected chi connectivity index (χ1v) is 8.76. The summed E-state index contributed by atoms with van der Waals surface area (Å²) in [6.07, 6.45) is 2.21. The molecule has 1 atom stereocenters. The summed E-state index contributed by atoms with van der Waals surface area (Å²) in [7, 11) is 0. The minimum atomic E-state index is -0.549. The lowest BCUT2D eigenvalue weighted by Crippen LogP contribution is -2.30. The van der Waals surface area contributed by atoms with E-state index < -0.39 is 6.10 Å². The summed E-state index contributed by atoms with van der Waals surface area (Å²) in [6.45, 7) is 8.09. The lowest BCUT2D eigenvalue weighted by molar-refractivity contribution is -0.122. The number of benzene rings is 2. The zero-order valence-corrected chi connectivity index (χ0v) is 15.1. The molecule has 0 aliphatic heterocycles. The Bertz CT molecular complexity index is 654. The van der Waals surface area contributed by atoms with Crippen LogP contribution in [0.25, 0.3) is 0 Å². The second kappa shape index (κ2) is 8.53. The van der Waals surface area contributed by atoms with Crippen molar-refractivity contribution in [2.75, 3.05) is 5.32 Å². The molecule has 0 saturated carbocycles. The van der Waals surface area contributed by atoms with Crippen LogP contribution in [0.5, 0.6) is 5.75 Å². The van der Waals surface area contributed by atoms with Crippen LogP contribution in [0.4, 0.5) is 5.69 Å². The number of hydrogen-bond donors (Lipinski definition) is 1. The Balaban J connectivity index is 2.08. The standard InChI is InChI=1S/C21H27NO2/c1-5-16-11-13-19(14-12-16)24-15(4)21(23)22-20-17(6-2)9-8-10-18(20)7-3/h8-15H,5-7H2,1-4H3,(H,22,23). The lowest BCUT2D eigenvalue weighted by atomic mass is 10.0. The predicted molar refractivity (Wildman–Crippen MR) is 99.7 cm³/mol. The zero-order chi connectivity index (χ0) is 17.5.